The highest BCUT2D eigenvalue weighted by Gasteiger charge is 2.56. The second-order valence-electron chi connectivity index (χ2n) is 5.24. The van der Waals surface area contributed by atoms with Gasteiger partial charge in [0.05, 0.1) is 6.42 Å². The quantitative estimate of drug-likeness (QED) is 0.575. The summed E-state index contributed by atoms with van der Waals surface area (Å²) in [6.07, 6.45) is 0.260. The third-order valence-electron chi connectivity index (χ3n) is 3.66. The van der Waals surface area contributed by atoms with Crippen molar-refractivity contribution >= 4 is 56.8 Å². The number of amides is 2. The molecule has 2 unspecified atom stereocenters. The predicted molar refractivity (Wildman–Crippen MR) is 87.2 cm³/mol. The Balaban J connectivity index is 1.59. The van der Waals surface area contributed by atoms with Gasteiger partial charge in [0.1, 0.15) is 15.7 Å². The maximum Gasteiger partial charge on any atom is 0.323 e. The summed E-state index contributed by atoms with van der Waals surface area (Å²) in [6.45, 7) is 0.121. The van der Waals surface area contributed by atoms with Gasteiger partial charge in [-0.3, -0.25) is 14.4 Å². The van der Waals surface area contributed by atoms with Crippen LogP contribution in [-0.4, -0.2) is 55.8 Å². The highest BCUT2D eigenvalue weighted by Crippen LogP contribution is 2.41. The van der Waals surface area contributed by atoms with Gasteiger partial charge in [0.25, 0.3) is 0 Å². The van der Waals surface area contributed by atoms with Crippen molar-refractivity contribution in [1.29, 1.82) is 0 Å². The van der Waals surface area contributed by atoms with E-state index in [0.717, 1.165) is 4.88 Å². The number of hydrogen-bond acceptors (Lipinski definition) is 5. The molecule has 2 N–H and O–H groups in total. The van der Waals surface area contributed by atoms with Crippen LogP contribution in [0.3, 0.4) is 0 Å². The maximum atomic E-state index is 12.1. The zero-order valence-corrected chi connectivity index (χ0v) is 14.5. The van der Waals surface area contributed by atoms with Gasteiger partial charge < -0.3 is 15.3 Å². The molecule has 6 nitrogen and oxygen atoms in total. The molecular weight excluding hydrogens is 392 g/mol. The number of carbonyl (C=O) groups excluding carboxylic acids is 2. The van der Waals surface area contributed by atoms with Crippen molar-refractivity contribution in [3.63, 3.8) is 0 Å². The van der Waals surface area contributed by atoms with Crippen LogP contribution in [0.15, 0.2) is 17.5 Å². The summed E-state index contributed by atoms with van der Waals surface area (Å²) < 4.78 is -1.10. The number of carboxylic acid groups (broad SMARTS) is 1. The third kappa shape index (κ3) is 2.77. The number of β-lactam (4-membered cyclic amide) rings is 1. The lowest BCUT2D eigenvalue weighted by atomic mass is 10.0. The molecule has 3 heterocycles. The Labute approximate surface area is 143 Å². The van der Waals surface area contributed by atoms with E-state index in [4.69, 9.17) is 0 Å². The Morgan fingerprint density at radius 3 is 2.95 bits per heavy atom. The van der Waals surface area contributed by atoms with Gasteiger partial charge in [0, 0.05) is 17.2 Å². The summed E-state index contributed by atoms with van der Waals surface area (Å²) in [7, 11) is 0. The van der Waals surface area contributed by atoms with Crippen molar-refractivity contribution in [2.45, 2.75) is 22.2 Å². The van der Waals surface area contributed by atoms with Crippen LogP contribution in [0.2, 0.25) is 0 Å². The Hall–Kier alpha value is -1.06. The number of aliphatic carboxylic acids is 1. The van der Waals surface area contributed by atoms with Crippen molar-refractivity contribution in [2.75, 3.05) is 12.3 Å². The number of thiophene rings is 1. The van der Waals surface area contributed by atoms with E-state index in [1.807, 2.05) is 17.5 Å². The number of rotatable bonds is 4. The molecule has 2 amide bonds. The summed E-state index contributed by atoms with van der Waals surface area (Å²) in [5.74, 6) is -1.03. The van der Waals surface area contributed by atoms with Gasteiger partial charge in [0.15, 0.2) is 0 Å². The first-order chi connectivity index (χ1) is 10.4. The minimum Gasteiger partial charge on any atom is -0.480 e. The number of alkyl halides is 1. The van der Waals surface area contributed by atoms with Crippen molar-refractivity contribution < 1.29 is 19.5 Å². The summed E-state index contributed by atoms with van der Waals surface area (Å²) in [6, 6.07) is 3.20. The Bertz CT molecular complexity index is 624. The number of halogens is 1. The lowest BCUT2D eigenvalue weighted by Crippen LogP contribution is -2.74. The number of carbonyl (C=O) groups is 3. The molecule has 1 aromatic heterocycles. The fraction of sp³-hybridized carbons (Fsp3) is 0.462. The van der Waals surface area contributed by atoms with E-state index >= 15 is 0 Å². The smallest absolute Gasteiger partial charge is 0.323 e. The monoisotopic (exact) mass is 404 g/mol. The fourth-order valence-electron chi connectivity index (χ4n) is 2.47. The molecule has 2 fully saturated rings. The molecule has 1 aromatic rings. The van der Waals surface area contributed by atoms with Gasteiger partial charge in [-0.15, -0.1) is 23.1 Å². The molecule has 2 aliphatic rings. The van der Waals surface area contributed by atoms with Crippen LogP contribution in [0.5, 0.6) is 0 Å². The summed E-state index contributed by atoms with van der Waals surface area (Å²) in [4.78, 5) is 37.8. The lowest BCUT2D eigenvalue weighted by Gasteiger charge is -2.52. The topological polar surface area (TPSA) is 86.7 Å². The minimum atomic E-state index is -1.10. The Morgan fingerprint density at radius 1 is 1.55 bits per heavy atom. The van der Waals surface area contributed by atoms with Crippen molar-refractivity contribution in [2.24, 2.45) is 0 Å². The van der Waals surface area contributed by atoms with Gasteiger partial charge >= 0.3 is 5.97 Å². The Kier molecular flexibility index (Phi) is 4.21. The molecule has 0 saturated carbocycles. The normalized spacial score (nSPS) is 30.4. The molecule has 3 rings (SSSR count). The van der Waals surface area contributed by atoms with E-state index in [1.165, 1.54) is 28.0 Å². The van der Waals surface area contributed by atoms with Crippen LogP contribution in [0.4, 0.5) is 0 Å². The van der Waals surface area contributed by atoms with Crippen LogP contribution in [0.25, 0.3) is 0 Å². The number of nitrogens with zero attached hydrogens (tertiary/aromatic N) is 1. The highest BCUT2D eigenvalue weighted by molar-refractivity contribution is 9.10. The molecule has 2 aliphatic heterocycles. The highest BCUT2D eigenvalue weighted by atomic mass is 79.9. The minimum absolute atomic E-state index is 0.121. The number of thioether (sulfide) groups is 1. The van der Waals surface area contributed by atoms with Gasteiger partial charge in [-0.2, -0.15) is 0 Å². The van der Waals surface area contributed by atoms with Crippen LogP contribution in [0.1, 0.15) is 4.88 Å². The maximum absolute atomic E-state index is 12.1. The van der Waals surface area contributed by atoms with E-state index in [0.29, 0.717) is 5.75 Å². The first-order valence-corrected chi connectivity index (χ1v) is 9.29. The second-order valence-corrected chi connectivity index (χ2v) is 8.89. The zero-order valence-electron chi connectivity index (χ0n) is 11.3. The predicted octanol–water partition coefficient (Wildman–Crippen LogP) is 0.909. The van der Waals surface area contributed by atoms with E-state index < -0.39 is 16.3 Å². The van der Waals surface area contributed by atoms with Crippen molar-refractivity contribution in [3.8, 4) is 0 Å². The number of nitrogens with one attached hydrogen (secondary N) is 1. The fourth-order valence-corrected chi connectivity index (χ4v) is 5.22. The van der Waals surface area contributed by atoms with Crippen molar-refractivity contribution in [3.05, 3.63) is 22.4 Å². The molecule has 9 heteroatoms. The van der Waals surface area contributed by atoms with Gasteiger partial charge in [-0.25, -0.2) is 0 Å². The van der Waals surface area contributed by atoms with E-state index in [-0.39, 0.29) is 30.2 Å². The standard InChI is InChI=1S/C13H13BrN2O4S2/c14-13(12(19)20)5-16-10(18)9(11(16)22-6-13)15-8(17)4-7-2-1-3-21-7/h1-3,9,11H,4-6H2,(H,15,17)(H,19,20)/t9?,11-,13?/m1/s1. The number of hydrogen-bond donors (Lipinski definition) is 2. The summed E-state index contributed by atoms with van der Waals surface area (Å²) in [5, 5.41) is 13.7. The van der Waals surface area contributed by atoms with Crippen molar-refractivity contribution in [1.82, 2.24) is 10.2 Å². The largest absolute Gasteiger partial charge is 0.480 e. The Morgan fingerprint density at radius 2 is 2.32 bits per heavy atom. The van der Waals surface area contributed by atoms with Gasteiger partial charge in [0.2, 0.25) is 11.8 Å². The molecular formula is C13H13BrN2O4S2. The van der Waals surface area contributed by atoms with Gasteiger partial charge in [-0.1, -0.05) is 22.0 Å². The molecule has 0 bridgehead atoms. The van der Waals surface area contributed by atoms with Crippen LogP contribution >= 0.6 is 39.0 Å². The zero-order chi connectivity index (χ0) is 15.9. The number of carboxylic acids is 1. The van der Waals surface area contributed by atoms with Crippen LogP contribution in [0, 0.1) is 0 Å². The van der Waals surface area contributed by atoms with E-state index in [9.17, 15) is 19.5 Å². The SMILES string of the molecule is O=C(Cc1cccs1)NC1C(=O)N2CC(Br)(C(=O)O)CS[C@H]12. The molecule has 0 spiro atoms. The molecule has 0 radical (unpaired) electrons. The average molecular weight is 405 g/mol. The molecule has 0 aromatic carbocycles. The number of fused-ring (bicyclic) bond motifs is 1. The lowest BCUT2D eigenvalue weighted by molar-refractivity contribution is -0.151. The van der Waals surface area contributed by atoms with Crippen LogP contribution < -0.4 is 5.32 Å². The molecule has 118 valence electrons. The molecule has 2 saturated heterocycles. The van der Waals surface area contributed by atoms with Crippen LogP contribution in [-0.2, 0) is 20.8 Å². The molecule has 3 atom stereocenters. The average Bonchev–Trinajstić information content (AvgIpc) is 2.97. The molecule has 0 aliphatic carbocycles. The summed E-state index contributed by atoms with van der Waals surface area (Å²) >= 11 is 6.07. The summed E-state index contributed by atoms with van der Waals surface area (Å²) in [5.41, 5.74) is 0. The van der Waals surface area contributed by atoms with E-state index in [2.05, 4.69) is 21.2 Å². The first-order valence-electron chi connectivity index (χ1n) is 6.57. The first kappa shape index (κ1) is 15.8. The second kappa shape index (κ2) is 5.86. The van der Waals surface area contributed by atoms with E-state index in [1.54, 1.807) is 0 Å². The van der Waals surface area contributed by atoms with Gasteiger partial charge in [-0.05, 0) is 11.4 Å². The third-order valence-corrected chi connectivity index (χ3v) is 7.31. The molecule has 22 heavy (non-hydrogen) atoms.